The van der Waals surface area contributed by atoms with Crippen molar-refractivity contribution in [1.29, 1.82) is 0 Å². The first kappa shape index (κ1) is 39.3. The van der Waals surface area contributed by atoms with Crippen LogP contribution >= 0.6 is 0 Å². The van der Waals surface area contributed by atoms with E-state index < -0.39 is 41.7 Å². The Morgan fingerprint density at radius 2 is 1.73 bits per heavy atom. The van der Waals surface area contributed by atoms with E-state index in [2.05, 4.69) is 37.0 Å². The summed E-state index contributed by atoms with van der Waals surface area (Å²) in [7, 11) is 0. The van der Waals surface area contributed by atoms with Crippen molar-refractivity contribution in [1.82, 2.24) is 25.8 Å². The van der Waals surface area contributed by atoms with Gasteiger partial charge in [0.2, 0.25) is 6.29 Å². The Morgan fingerprint density at radius 3 is 2.40 bits per heavy atom. The summed E-state index contributed by atoms with van der Waals surface area (Å²) in [5, 5.41) is 41.5. The molecule has 0 aliphatic heterocycles. The van der Waals surface area contributed by atoms with Gasteiger partial charge >= 0.3 is 11.9 Å². The molecule has 0 saturated carbocycles. The average Bonchev–Trinajstić information content (AvgIpc) is 3.46. The minimum atomic E-state index is -1.27. The predicted octanol–water partition coefficient (Wildman–Crippen LogP) is 3.58. The van der Waals surface area contributed by atoms with Crippen LogP contribution in [0.1, 0.15) is 54.6 Å². The zero-order valence-corrected chi connectivity index (χ0v) is 28.4. The van der Waals surface area contributed by atoms with Gasteiger partial charge in [-0.05, 0) is 48.6 Å². The number of aromatic nitrogens is 2. The van der Waals surface area contributed by atoms with Gasteiger partial charge in [0.15, 0.2) is 5.84 Å². The molecule has 52 heavy (non-hydrogen) atoms. The SMILES string of the molecule is C=NN/C(=N\N)c1ccccc1-c1ccc(Cn2c(OCC)nc3cccc(C(=O)OC(C)OC(=O)CCC[C@H](CON(O)O)ON(O)O)c32)cc1. The molecule has 0 fully saturated rings. The second kappa shape index (κ2) is 19.2. The number of para-hydroxylation sites is 1. The Balaban J connectivity index is 1.48. The lowest BCUT2D eigenvalue weighted by Crippen LogP contribution is -2.31. The second-order valence-corrected chi connectivity index (χ2v) is 11.0. The lowest BCUT2D eigenvalue weighted by Gasteiger charge is -2.19. The third-order valence-corrected chi connectivity index (χ3v) is 7.42. The number of nitrogens with one attached hydrogen (secondary N) is 1. The molecule has 0 amide bonds. The number of benzene rings is 3. The summed E-state index contributed by atoms with van der Waals surface area (Å²) in [6.07, 6.45) is -2.38. The van der Waals surface area contributed by atoms with E-state index in [0.29, 0.717) is 29.5 Å². The number of carbonyl (C=O) groups excluding carboxylic acids is 2. The molecule has 0 saturated heterocycles. The third kappa shape index (κ3) is 10.7. The van der Waals surface area contributed by atoms with Gasteiger partial charge in [0.25, 0.3) is 6.01 Å². The van der Waals surface area contributed by atoms with Gasteiger partial charge in [-0.2, -0.15) is 15.2 Å². The molecule has 19 nitrogen and oxygen atoms in total. The monoisotopic (exact) mass is 724 g/mol. The first-order valence-electron chi connectivity index (χ1n) is 15.9. The van der Waals surface area contributed by atoms with E-state index in [1.165, 1.54) is 6.92 Å². The Bertz CT molecular complexity index is 1830. The average molecular weight is 725 g/mol. The zero-order valence-electron chi connectivity index (χ0n) is 28.4. The minimum absolute atomic E-state index is 0.0217. The number of hydrazone groups is 2. The van der Waals surface area contributed by atoms with Gasteiger partial charge < -0.3 is 20.1 Å². The van der Waals surface area contributed by atoms with Gasteiger partial charge in [0.05, 0.1) is 40.5 Å². The summed E-state index contributed by atoms with van der Waals surface area (Å²) in [5.74, 6) is 4.45. The van der Waals surface area contributed by atoms with Crippen LogP contribution < -0.4 is 16.0 Å². The van der Waals surface area contributed by atoms with Crippen molar-refractivity contribution in [2.45, 2.75) is 52.0 Å². The maximum absolute atomic E-state index is 13.5. The molecule has 2 atom stereocenters. The number of rotatable bonds is 19. The van der Waals surface area contributed by atoms with E-state index >= 15 is 0 Å². The molecule has 278 valence electrons. The van der Waals surface area contributed by atoms with Crippen LogP contribution in [0.25, 0.3) is 22.2 Å². The summed E-state index contributed by atoms with van der Waals surface area (Å²) < 4.78 is 18.3. The van der Waals surface area contributed by atoms with E-state index in [-0.39, 0.29) is 31.4 Å². The third-order valence-electron chi connectivity index (χ3n) is 7.42. The fourth-order valence-corrected chi connectivity index (χ4v) is 5.27. The molecule has 4 rings (SSSR count). The van der Waals surface area contributed by atoms with Gasteiger partial charge in [-0.3, -0.25) is 35.6 Å². The van der Waals surface area contributed by atoms with Crippen molar-refractivity contribution in [3.63, 3.8) is 0 Å². The Labute approximate surface area is 297 Å². The van der Waals surface area contributed by atoms with Crippen LogP contribution in [0.4, 0.5) is 0 Å². The molecule has 1 aromatic heterocycles. The van der Waals surface area contributed by atoms with Gasteiger partial charge in [-0.25, -0.2) is 14.5 Å². The molecule has 0 bridgehead atoms. The molecular weight excluding hydrogens is 684 g/mol. The number of hydrogen-bond acceptors (Lipinski definition) is 17. The molecule has 4 aromatic rings. The lowest BCUT2D eigenvalue weighted by molar-refractivity contribution is -0.527. The van der Waals surface area contributed by atoms with Crippen LogP contribution in [0.3, 0.4) is 0 Å². The van der Waals surface area contributed by atoms with Crippen LogP contribution in [0.15, 0.2) is 76.9 Å². The number of amidine groups is 1. The summed E-state index contributed by atoms with van der Waals surface area (Å²) in [6, 6.07) is 20.6. The van der Waals surface area contributed by atoms with E-state index in [9.17, 15) is 9.59 Å². The quantitative estimate of drug-likeness (QED) is 0.0202. The highest BCUT2D eigenvalue weighted by atomic mass is 17.1. The molecule has 1 unspecified atom stereocenters. The molecule has 1 heterocycles. The van der Waals surface area contributed by atoms with Crippen LogP contribution in [0.5, 0.6) is 6.01 Å². The van der Waals surface area contributed by atoms with Crippen LogP contribution in [-0.2, 0) is 30.5 Å². The molecule has 0 aliphatic rings. The van der Waals surface area contributed by atoms with Gasteiger partial charge in [-0.15, -0.1) is 0 Å². The Kier molecular flexibility index (Phi) is 14.5. The highest BCUT2D eigenvalue weighted by molar-refractivity contribution is 6.04. The summed E-state index contributed by atoms with van der Waals surface area (Å²) in [5.41, 5.74) is 7.18. The van der Waals surface area contributed by atoms with Crippen molar-refractivity contribution in [3.8, 4) is 17.1 Å². The largest absolute Gasteiger partial charge is 0.465 e. The first-order valence-corrected chi connectivity index (χ1v) is 15.9. The molecule has 0 aliphatic carbocycles. The van der Waals surface area contributed by atoms with Gasteiger partial charge in [-0.1, -0.05) is 54.6 Å². The van der Waals surface area contributed by atoms with E-state index in [0.717, 1.165) is 22.3 Å². The standard InChI is InChI=1S/C33H40N8O11/c1-4-48-33-36-28-13-8-12-27(32(43)51-21(2)50-29(42)14-7-9-24(52-41(46)47)20-49-40(44)45)30(28)39(33)19-22-15-17-23(18-16-22)25-10-5-6-11-26(25)31(37-34)38-35-3/h5-6,8,10-13,15-18,21,24,44-47H,3-4,7,9,14,19-20,34H2,1-2H3,(H,37,38)/t21?,24-/m1/s1. The fourth-order valence-electron chi connectivity index (χ4n) is 5.27. The summed E-state index contributed by atoms with van der Waals surface area (Å²) >= 11 is 0. The number of hydrogen-bond donors (Lipinski definition) is 6. The maximum atomic E-state index is 13.5. The number of fused-ring (bicyclic) bond motifs is 1. The molecule has 19 heteroatoms. The predicted molar refractivity (Wildman–Crippen MR) is 182 cm³/mol. The number of ether oxygens (including phenoxy) is 3. The summed E-state index contributed by atoms with van der Waals surface area (Å²) in [4.78, 5) is 39.6. The number of carbonyl (C=O) groups is 2. The molecule has 3 aromatic carbocycles. The first-order chi connectivity index (χ1) is 25.0. The van der Waals surface area contributed by atoms with E-state index in [1.807, 2.05) is 55.5 Å². The molecule has 7 N–H and O–H groups in total. The van der Waals surface area contributed by atoms with Crippen molar-refractivity contribution >= 4 is 35.5 Å². The van der Waals surface area contributed by atoms with Crippen molar-refractivity contribution in [3.05, 3.63) is 83.4 Å². The van der Waals surface area contributed by atoms with Crippen molar-refractivity contribution in [2.75, 3.05) is 13.2 Å². The summed E-state index contributed by atoms with van der Waals surface area (Å²) in [6.45, 7) is 6.77. The Hall–Kier alpha value is -5.51. The van der Waals surface area contributed by atoms with Crippen LogP contribution in [0, 0.1) is 0 Å². The molecule has 0 spiro atoms. The van der Waals surface area contributed by atoms with E-state index in [4.69, 9.17) is 40.9 Å². The van der Waals surface area contributed by atoms with Gasteiger partial charge in [0, 0.05) is 25.6 Å². The Morgan fingerprint density at radius 1 is 1.00 bits per heavy atom. The zero-order chi connectivity index (χ0) is 37.6. The highest BCUT2D eigenvalue weighted by Gasteiger charge is 2.23. The fraction of sp³-hybridized carbons (Fsp3) is 0.303. The number of nitrogens with two attached hydrogens (primary N) is 1. The van der Waals surface area contributed by atoms with Gasteiger partial charge in [0.1, 0.15) is 12.7 Å². The minimum Gasteiger partial charge on any atom is -0.465 e. The second-order valence-electron chi connectivity index (χ2n) is 11.0. The normalized spacial score (nSPS) is 12.9. The topological polar surface area (TPSA) is 248 Å². The molecular formula is C33H40N8O11. The smallest absolute Gasteiger partial charge is 0.343 e. The molecule has 0 radical (unpaired) electrons. The van der Waals surface area contributed by atoms with Crippen LogP contribution in [0.2, 0.25) is 0 Å². The van der Waals surface area contributed by atoms with Crippen LogP contribution in [-0.4, -0.2) is 91.3 Å². The lowest BCUT2D eigenvalue weighted by atomic mass is 9.98. The number of esters is 2. The number of imidazole rings is 1. The number of nitrogens with zero attached hydrogens (tertiary/aromatic N) is 6. The van der Waals surface area contributed by atoms with Crippen molar-refractivity contribution < 1.29 is 54.3 Å². The maximum Gasteiger partial charge on any atom is 0.343 e. The van der Waals surface area contributed by atoms with E-state index in [1.54, 1.807) is 22.8 Å². The highest BCUT2D eigenvalue weighted by Crippen LogP contribution is 2.29. The van der Waals surface area contributed by atoms with Crippen molar-refractivity contribution in [2.24, 2.45) is 16.0 Å².